The molecule has 0 aromatic heterocycles. The molecule has 10 atom stereocenters. The number of carbonyl (C=O) groups is 2. The van der Waals surface area contributed by atoms with Crippen LogP contribution in [0.1, 0.15) is 79.1 Å². The third-order valence-corrected chi connectivity index (χ3v) is 10.6. The molecule has 1 spiro atoms. The van der Waals surface area contributed by atoms with Gasteiger partial charge in [0.05, 0.1) is 12.7 Å². The molecule has 2 heterocycles. The van der Waals surface area contributed by atoms with E-state index in [4.69, 9.17) is 9.47 Å². The van der Waals surface area contributed by atoms with Crippen LogP contribution in [0, 0.1) is 46.3 Å². The summed E-state index contributed by atoms with van der Waals surface area (Å²) in [4.78, 5) is 25.0. The van der Waals surface area contributed by atoms with E-state index in [0.717, 1.165) is 51.6 Å². The minimum Gasteiger partial charge on any atom is -0.481 e. The lowest BCUT2D eigenvalue weighted by atomic mass is 9.50. The van der Waals surface area contributed by atoms with Gasteiger partial charge in [-0.15, -0.1) is 0 Å². The van der Waals surface area contributed by atoms with Crippen molar-refractivity contribution in [2.75, 3.05) is 6.61 Å². The third kappa shape index (κ3) is 3.17. The van der Waals surface area contributed by atoms with Gasteiger partial charge in [-0.05, 0) is 79.6 Å². The zero-order valence-electron chi connectivity index (χ0n) is 20.1. The molecule has 0 bridgehead atoms. The van der Waals surface area contributed by atoms with Crippen LogP contribution >= 0.6 is 0 Å². The van der Waals surface area contributed by atoms with Crippen molar-refractivity contribution < 1.29 is 24.2 Å². The molecular formula is C27H40O5. The molecule has 3 aliphatic carbocycles. The van der Waals surface area contributed by atoms with Gasteiger partial charge in [0.25, 0.3) is 0 Å². The molecule has 5 heteroatoms. The Kier molecular flexibility index (Phi) is 5.41. The van der Waals surface area contributed by atoms with Crippen molar-refractivity contribution in [2.45, 2.75) is 91.0 Å². The Bertz CT molecular complexity index is 811. The van der Waals surface area contributed by atoms with E-state index < -0.39 is 17.2 Å². The highest BCUT2D eigenvalue weighted by atomic mass is 16.7. The minimum atomic E-state index is -0.737. The third-order valence-electron chi connectivity index (χ3n) is 10.6. The Hall–Kier alpha value is -1.20. The van der Waals surface area contributed by atoms with E-state index in [-0.39, 0.29) is 41.5 Å². The molecule has 0 aromatic carbocycles. The zero-order valence-corrected chi connectivity index (χ0v) is 20.1. The van der Waals surface area contributed by atoms with Crippen LogP contribution in [-0.4, -0.2) is 35.4 Å². The van der Waals surface area contributed by atoms with Crippen LogP contribution in [0.2, 0.25) is 0 Å². The maximum absolute atomic E-state index is 13.0. The highest BCUT2D eigenvalue weighted by Crippen LogP contribution is 2.69. The van der Waals surface area contributed by atoms with Crippen molar-refractivity contribution in [3.8, 4) is 0 Å². The molecule has 1 N–H and O–H groups in total. The van der Waals surface area contributed by atoms with Crippen LogP contribution < -0.4 is 0 Å². The SMILES string of the molecule is C[C@@H]1CC[C@@]2(OC1)O[C@H]1C[C@H]3[C@H](CC(=O)O)[C@@H]([C@@]4(C)CCC=CC4=O)CC[C@]3(C)[C@H]1[C@@H]2C. The van der Waals surface area contributed by atoms with Crippen LogP contribution in [0.25, 0.3) is 0 Å². The van der Waals surface area contributed by atoms with Crippen molar-refractivity contribution in [3.05, 3.63) is 12.2 Å². The summed E-state index contributed by atoms with van der Waals surface area (Å²) >= 11 is 0. The molecule has 5 nitrogen and oxygen atoms in total. The van der Waals surface area contributed by atoms with Crippen LogP contribution in [-0.2, 0) is 19.1 Å². The van der Waals surface area contributed by atoms with Gasteiger partial charge in [0, 0.05) is 24.2 Å². The van der Waals surface area contributed by atoms with Gasteiger partial charge in [-0.2, -0.15) is 0 Å². The number of carboxylic acids is 1. The van der Waals surface area contributed by atoms with Crippen LogP contribution in [0.4, 0.5) is 0 Å². The average Bonchev–Trinajstić information content (AvgIpc) is 3.18. The molecule has 0 unspecified atom stereocenters. The quantitative estimate of drug-likeness (QED) is 0.645. The Morgan fingerprint density at radius 1 is 1.16 bits per heavy atom. The number of hydrogen-bond acceptors (Lipinski definition) is 4. The molecule has 0 aromatic rings. The topological polar surface area (TPSA) is 72.8 Å². The number of carboxylic acid groups (broad SMARTS) is 1. The lowest BCUT2D eigenvalue weighted by Gasteiger charge is -2.54. The van der Waals surface area contributed by atoms with Crippen molar-refractivity contribution in [3.63, 3.8) is 0 Å². The normalized spacial score (nSPS) is 52.8. The van der Waals surface area contributed by atoms with E-state index in [9.17, 15) is 14.7 Å². The number of carbonyl (C=O) groups excluding carboxylic acids is 1. The summed E-state index contributed by atoms with van der Waals surface area (Å²) in [6.45, 7) is 9.81. The van der Waals surface area contributed by atoms with E-state index in [2.05, 4.69) is 27.7 Å². The van der Waals surface area contributed by atoms with Gasteiger partial charge in [0.2, 0.25) is 0 Å². The number of allylic oxidation sites excluding steroid dienone is 2. The monoisotopic (exact) mass is 444 g/mol. The molecule has 5 aliphatic rings. The molecule has 178 valence electrons. The lowest BCUT2D eigenvalue weighted by Crippen LogP contribution is -2.52. The van der Waals surface area contributed by atoms with E-state index in [1.54, 1.807) is 6.08 Å². The summed E-state index contributed by atoms with van der Waals surface area (Å²) in [5.74, 6) is 0.729. The van der Waals surface area contributed by atoms with Crippen molar-refractivity contribution in [1.29, 1.82) is 0 Å². The van der Waals surface area contributed by atoms with E-state index in [0.29, 0.717) is 17.8 Å². The molecule has 4 fully saturated rings. The summed E-state index contributed by atoms with van der Waals surface area (Å²) in [6, 6.07) is 0. The van der Waals surface area contributed by atoms with Gasteiger partial charge in [-0.25, -0.2) is 0 Å². The predicted octanol–water partition coefficient (Wildman–Crippen LogP) is 5.23. The number of fused-ring (bicyclic) bond motifs is 3. The Balaban J connectivity index is 1.45. The molecule has 0 radical (unpaired) electrons. The number of ether oxygens (including phenoxy) is 2. The van der Waals surface area contributed by atoms with Gasteiger partial charge in [-0.3, -0.25) is 9.59 Å². The second-order valence-corrected chi connectivity index (χ2v) is 12.2. The Morgan fingerprint density at radius 2 is 1.94 bits per heavy atom. The number of hydrogen-bond donors (Lipinski definition) is 1. The first-order valence-corrected chi connectivity index (χ1v) is 12.9. The molecule has 2 aliphatic heterocycles. The zero-order chi connectivity index (χ0) is 22.9. The number of ketones is 1. The summed E-state index contributed by atoms with van der Waals surface area (Å²) in [5.41, 5.74) is -0.398. The number of aliphatic carboxylic acids is 1. The van der Waals surface area contributed by atoms with Gasteiger partial charge in [0.1, 0.15) is 0 Å². The van der Waals surface area contributed by atoms with Gasteiger partial charge in [0.15, 0.2) is 11.6 Å². The van der Waals surface area contributed by atoms with E-state index in [1.165, 1.54) is 0 Å². The van der Waals surface area contributed by atoms with Crippen molar-refractivity contribution in [2.24, 2.45) is 46.3 Å². The fourth-order valence-electron chi connectivity index (χ4n) is 8.84. The van der Waals surface area contributed by atoms with Crippen LogP contribution in [0.3, 0.4) is 0 Å². The average molecular weight is 445 g/mol. The molecule has 5 rings (SSSR count). The van der Waals surface area contributed by atoms with Crippen molar-refractivity contribution in [1.82, 2.24) is 0 Å². The highest BCUT2D eigenvalue weighted by molar-refractivity contribution is 5.95. The predicted molar refractivity (Wildman–Crippen MR) is 121 cm³/mol. The second kappa shape index (κ2) is 7.66. The van der Waals surface area contributed by atoms with Gasteiger partial charge < -0.3 is 14.6 Å². The summed E-state index contributed by atoms with van der Waals surface area (Å²) in [5, 5.41) is 9.86. The van der Waals surface area contributed by atoms with E-state index in [1.807, 2.05) is 6.08 Å². The second-order valence-electron chi connectivity index (χ2n) is 12.2. The molecule has 2 saturated heterocycles. The first-order valence-electron chi connectivity index (χ1n) is 12.9. The first-order chi connectivity index (χ1) is 15.1. The summed E-state index contributed by atoms with van der Waals surface area (Å²) < 4.78 is 13.1. The van der Waals surface area contributed by atoms with Crippen LogP contribution in [0.5, 0.6) is 0 Å². The molecular weight excluding hydrogens is 404 g/mol. The van der Waals surface area contributed by atoms with Crippen molar-refractivity contribution >= 4 is 11.8 Å². The Morgan fingerprint density at radius 3 is 2.59 bits per heavy atom. The van der Waals surface area contributed by atoms with Gasteiger partial charge >= 0.3 is 5.97 Å². The summed E-state index contributed by atoms with van der Waals surface area (Å²) in [6.07, 6.45) is 10.7. The maximum atomic E-state index is 13.0. The lowest BCUT2D eigenvalue weighted by molar-refractivity contribution is -0.272. The fourth-order valence-corrected chi connectivity index (χ4v) is 8.84. The van der Waals surface area contributed by atoms with Crippen LogP contribution in [0.15, 0.2) is 12.2 Å². The Labute approximate surface area is 192 Å². The maximum Gasteiger partial charge on any atom is 0.303 e. The largest absolute Gasteiger partial charge is 0.481 e. The molecule has 0 amide bonds. The molecule has 32 heavy (non-hydrogen) atoms. The minimum absolute atomic E-state index is 0.0244. The smallest absolute Gasteiger partial charge is 0.303 e. The van der Waals surface area contributed by atoms with E-state index >= 15 is 0 Å². The standard InChI is InChI=1S/C27H40O5/c1-16-8-12-27(31-15-16)17(2)24-21(32-27)14-20-18(13-23(29)30)19(9-11-26(20,24)4)25(3)10-6-5-7-22(25)28/h5,7,16-21,24H,6,8-15H2,1-4H3,(H,29,30)/t16-,17+,18-,19+,20+,21+,24+,25-,26+,27-/m1/s1. The first kappa shape index (κ1) is 22.6. The molecule has 2 saturated carbocycles. The fraction of sp³-hybridized carbons (Fsp3) is 0.852. The summed E-state index contributed by atoms with van der Waals surface area (Å²) in [7, 11) is 0. The highest BCUT2D eigenvalue weighted by Gasteiger charge is 2.68. The number of rotatable bonds is 3. The van der Waals surface area contributed by atoms with Gasteiger partial charge in [-0.1, -0.05) is 33.8 Å².